The Morgan fingerprint density at radius 1 is 1.12 bits per heavy atom. The van der Waals surface area contributed by atoms with Crippen molar-refractivity contribution in [1.29, 1.82) is 0 Å². The monoisotopic (exact) mass is 241 g/mol. The summed E-state index contributed by atoms with van der Waals surface area (Å²) in [4.78, 5) is 0. The fourth-order valence-corrected chi connectivity index (χ4v) is 2.10. The Bertz CT molecular complexity index is 316. The molecule has 1 aromatic heterocycles. The average molecular weight is 241 g/mol. The van der Waals surface area contributed by atoms with E-state index in [-0.39, 0.29) is 0 Å². The number of hydrazine groups is 1. The SMILES string of the molecule is CNc1nnc(NC2CCCCC2)n1C.NN. The van der Waals surface area contributed by atoms with Gasteiger partial charge in [0.25, 0.3) is 0 Å². The molecule has 0 spiro atoms. The van der Waals surface area contributed by atoms with E-state index in [1.54, 1.807) is 0 Å². The maximum absolute atomic E-state index is 4.12. The summed E-state index contributed by atoms with van der Waals surface area (Å²) < 4.78 is 1.95. The first-order chi connectivity index (χ1) is 8.31. The molecule has 0 aliphatic heterocycles. The lowest BCUT2D eigenvalue weighted by Crippen LogP contribution is -2.24. The van der Waals surface area contributed by atoms with Crippen LogP contribution in [-0.4, -0.2) is 27.9 Å². The van der Waals surface area contributed by atoms with Gasteiger partial charge in [-0.3, -0.25) is 16.3 Å². The average Bonchev–Trinajstić information content (AvgIpc) is 2.74. The second-order valence-corrected chi connectivity index (χ2v) is 4.14. The van der Waals surface area contributed by atoms with Crippen LogP contribution in [0.25, 0.3) is 0 Å². The van der Waals surface area contributed by atoms with E-state index in [1.165, 1.54) is 32.1 Å². The van der Waals surface area contributed by atoms with Gasteiger partial charge in [-0.1, -0.05) is 19.3 Å². The highest BCUT2D eigenvalue weighted by Crippen LogP contribution is 2.21. The smallest absolute Gasteiger partial charge is 0.226 e. The Morgan fingerprint density at radius 3 is 2.24 bits per heavy atom. The number of aromatic nitrogens is 3. The fraction of sp³-hybridized carbons (Fsp3) is 0.800. The zero-order chi connectivity index (χ0) is 12.7. The molecule has 98 valence electrons. The molecule has 2 rings (SSSR count). The summed E-state index contributed by atoms with van der Waals surface area (Å²) in [5.74, 6) is 9.67. The molecule has 7 heteroatoms. The van der Waals surface area contributed by atoms with Crippen molar-refractivity contribution in [2.24, 2.45) is 18.7 Å². The van der Waals surface area contributed by atoms with Gasteiger partial charge in [0.2, 0.25) is 11.9 Å². The lowest BCUT2D eigenvalue weighted by Gasteiger charge is -2.22. The second-order valence-electron chi connectivity index (χ2n) is 4.14. The summed E-state index contributed by atoms with van der Waals surface area (Å²) in [6, 6.07) is 0.575. The van der Waals surface area contributed by atoms with Gasteiger partial charge in [0.15, 0.2) is 0 Å². The van der Waals surface area contributed by atoms with Crippen LogP contribution in [0.15, 0.2) is 0 Å². The molecule has 7 nitrogen and oxygen atoms in total. The normalized spacial score (nSPS) is 16.0. The molecule has 1 saturated carbocycles. The van der Waals surface area contributed by atoms with E-state index in [4.69, 9.17) is 0 Å². The van der Waals surface area contributed by atoms with Crippen molar-refractivity contribution in [2.45, 2.75) is 38.1 Å². The van der Waals surface area contributed by atoms with Crippen LogP contribution in [0.3, 0.4) is 0 Å². The highest BCUT2D eigenvalue weighted by Gasteiger charge is 2.16. The molecule has 1 aromatic rings. The van der Waals surface area contributed by atoms with E-state index >= 15 is 0 Å². The Labute approximate surface area is 102 Å². The van der Waals surface area contributed by atoms with Gasteiger partial charge in [-0.15, -0.1) is 10.2 Å². The molecule has 1 fully saturated rings. The van der Waals surface area contributed by atoms with Gasteiger partial charge in [-0.25, -0.2) is 0 Å². The molecule has 1 aliphatic rings. The van der Waals surface area contributed by atoms with Crippen molar-refractivity contribution in [3.8, 4) is 0 Å². The number of rotatable bonds is 3. The molecule has 17 heavy (non-hydrogen) atoms. The molecule has 0 atom stereocenters. The van der Waals surface area contributed by atoms with E-state index in [0.29, 0.717) is 6.04 Å². The minimum atomic E-state index is 0.575. The maximum Gasteiger partial charge on any atom is 0.226 e. The zero-order valence-corrected chi connectivity index (χ0v) is 10.6. The van der Waals surface area contributed by atoms with Crippen LogP contribution in [0.2, 0.25) is 0 Å². The van der Waals surface area contributed by atoms with E-state index in [0.717, 1.165) is 11.9 Å². The van der Waals surface area contributed by atoms with Gasteiger partial charge >= 0.3 is 0 Å². The number of nitrogens with zero attached hydrogens (tertiary/aromatic N) is 3. The summed E-state index contributed by atoms with van der Waals surface area (Å²) in [6.45, 7) is 0. The third-order valence-electron chi connectivity index (χ3n) is 3.04. The van der Waals surface area contributed by atoms with Crippen LogP contribution in [0.4, 0.5) is 11.9 Å². The van der Waals surface area contributed by atoms with E-state index in [9.17, 15) is 0 Å². The van der Waals surface area contributed by atoms with Crippen molar-refractivity contribution in [3.63, 3.8) is 0 Å². The van der Waals surface area contributed by atoms with Crippen molar-refractivity contribution >= 4 is 11.9 Å². The van der Waals surface area contributed by atoms with Gasteiger partial charge in [-0.05, 0) is 12.8 Å². The highest BCUT2D eigenvalue weighted by molar-refractivity contribution is 5.36. The van der Waals surface area contributed by atoms with Gasteiger partial charge < -0.3 is 10.6 Å². The molecule has 6 N–H and O–H groups in total. The predicted molar refractivity (Wildman–Crippen MR) is 69.4 cm³/mol. The lowest BCUT2D eigenvalue weighted by atomic mass is 9.96. The first kappa shape index (κ1) is 13.7. The Morgan fingerprint density at radius 2 is 1.71 bits per heavy atom. The van der Waals surface area contributed by atoms with Gasteiger partial charge in [0.1, 0.15) is 0 Å². The Kier molecular flexibility index (Phi) is 5.71. The van der Waals surface area contributed by atoms with Crippen LogP contribution >= 0.6 is 0 Å². The number of hydrogen-bond acceptors (Lipinski definition) is 6. The Hall–Kier alpha value is -1.34. The minimum absolute atomic E-state index is 0.575. The highest BCUT2D eigenvalue weighted by atomic mass is 15.4. The fourth-order valence-electron chi connectivity index (χ4n) is 2.10. The van der Waals surface area contributed by atoms with E-state index in [1.807, 2.05) is 18.7 Å². The maximum atomic E-state index is 4.12. The van der Waals surface area contributed by atoms with Gasteiger partial charge in [0.05, 0.1) is 0 Å². The first-order valence-electron chi connectivity index (χ1n) is 5.98. The Balaban J connectivity index is 0.000000686. The zero-order valence-electron chi connectivity index (χ0n) is 10.6. The number of nitrogens with one attached hydrogen (secondary N) is 2. The lowest BCUT2D eigenvalue weighted by molar-refractivity contribution is 0.460. The molecule has 0 unspecified atom stereocenters. The number of hydrogen-bond donors (Lipinski definition) is 4. The van der Waals surface area contributed by atoms with E-state index in [2.05, 4.69) is 32.5 Å². The van der Waals surface area contributed by atoms with Crippen LogP contribution in [0.1, 0.15) is 32.1 Å². The summed E-state index contributed by atoms with van der Waals surface area (Å²) in [6.07, 6.45) is 6.53. The van der Waals surface area contributed by atoms with Gasteiger partial charge in [0, 0.05) is 20.1 Å². The van der Waals surface area contributed by atoms with Crippen molar-refractivity contribution < 1.29 is 0 Å². The second kappa shape index (κ2) is 7.08. The molecule has 0 saturated heterocycles. The molecule has 0 bridgehead atoms. The summed E-state index contributed by atoms with van der Waals surface area (Å²) >= 11 is 0. The summed E-state index contributed by atoms with van der Waals surface area (Å²) in [5.41, 5.74) is 0. The minimum Gasteiger partial charge on any atom is -0.357 e. The molecular weight excluding hydrogens is 218 g/mol. The number of nitrogens with two attached hydrogens (primary N) is 2. The molecule has 0 radical (unpaired) electrons. The molecule has 1 aliphatic carbocycles. The van der Waals surface area contributed by atoms with Gasteiger partial charge in [-0.2, -0.15) is 0 Å². The van der Waals surface area contributed by atoms with Crippen LogP contribution in [-0.2, 0) is 7.05 Å². The van der Waals surface area contributed by atoms with Crippen molar-refractivity contribution in [2.75, 3.05) is 17.7 Å². The van der Waals surface area contributed by atoms with Crippen LogP contribution in [0.5, 0.6) is 0 Å². The summed E-state index contributed by atoms with van der Waals surface area (Å²) in [5, 5.41) is 14.6. The van der Waals surface area contributed by atoms with Crippen LogP contribution < -0.4 is 22.3 Å². The van der Waals surface area contributed by atoms with Crippen molar-refractivity contribution in [1.82, 2.24) is 14.8 Å². The van der Waals surface area contributed by atoms with E-state index < -0.39 is 0 Å². The molecular formula is C10H23N7. The summed E-state index contributed by atoms with van der Waals surface area (Å²) in [7, 11) is 3.82. The topological polar surface area (TPSA) is 107 Å². The molecule has 1 heterocycles. The standard InChI is InChI=1S/C10H19N5.H4N2/c1-11-9-13-14-10(15(9)2)12-8-6-4-3-5-7-8;1-2/h8H,3-7H2,1-2H3,(H,11,13)(H,12,14);1-2H2. The molecule has 0 amide bonds. The largest absolute Gasteiger partial charge is 0.357 e. The predicted octanol–water partition coefficient (Wildman–Crippen LogP) is 0.420. The van der Waals surface area contributed by atoms with Crippen LogP contribution in [0, 0.1) is 0 Å². The third-order valence-corrected chi connectivity index (χ3v) is 3.04. The number of anilines is 2. The first-order valence-corrected chi connectivity index (χ1v) is 5.98. The van der Waals surface area contributed by atoms with Crippen molar-refractivity contribution in [3.05, 3.63) is 0 Å². The quantitative estimate of drug-likeness (QED) is 0.451. The third kappa shape index (κ3) is 3.57. The molecule has 0 aromatic carbocycles.